The SMILES string of the molecule is Cc1cc(Oc2c(F)cccc2F)ncc1-n1ncc(C(=O)c2cc3cc(OCC(F)F)c(NS(=O)(=O)c4cc(F)cc(F)c4)cc3[nH]2)c1N. The molecule has 4 N–H and O–H groups in total. The van der Waals surface area contributed by atoms with Crippen LogP contribution in [-0.4, -0.2) is 47.0 Å². The summed E-state index contributed by atoms with van der Waals surface area (Å²) in [6.45, 7) is 0.494. The van der Waals surface area contributed by atoms with E-state index < -0.39 is 62.8 Å². The number of rotatable bonds is 11. The van der Waals surface area contributed by atoms with Crippen LogP contribution in [0.4, 0.5) is 37.8 Å². The molecular weight excluding hydrogens is 694 g/mol. The van der Waals surface area contributed by atoms with Gasteiger partial charge in [0, 0.05) is 23.0 Å². The van der Waals surface area contributed by atoms with Gasteiger partial charge >= 0.3 is 0 Å². The summed E-state index contributed by atoms with van der Waals surface area (Å²) in [6, 6.07) is 9.88. The third-order valence-corrected chi connectivity index (χ3v) is 8.53. The van der Waals surface area contributed by atoms with Gasteiger partial charge in [-0.2, -0.15) is 5.10 Å². The molecule has 0 bridgehead atoms. The second-order valence-electron chi connectivity index (χ2n) is 10.7. The highest BCUT2D eigenvalue weighted by Crippen LogP contribution is 2.34. The van der Waals surface area contributed by atoms with Gasteiger partial charge in [-0.25, -0.2) is 44.4 Å². The molecule has 0 unspecified atom stereocenters. The number of ether oxygens (including phenoxy) is 2. The van der Waals surface area contributed by atoms with Gasteiger partial charge in [0.1, 0.15) is 29.8 Å². The van der Waals surface area contributed by atoms with Crippen molar-refractivity contribution in [3.05, 3.63) is 113 Å². The molecule has 0 spiro atoms. The number of para-hydroxylation sites is 1. The van der Waals surface area contributed by atoms with Crippen LogP contribution in [0.15, 0.2) is 78.0 Å². The Morgan fingerprint density at radius 1 is 1.00 bits per heavy atom. The Bertz CT molecular complexity index is 2360. The van der Waals surface area contributed by atoms with E-state index in [4.69, 9.17) is 15.2 Å². The van der Waals surface area contributed by atoms with Gasteiger partial charge in [-0.15, -0.1) is 0 Å². The molecular formula is C32H22F6N6O5S. The first kappa shape index (κ1) is 33.8. The highest BCUT2D eigenvalue weighted by atomic mass is 32.2. The number of hydrogen-bond acceptors (Lipinski definition) is 8. The molecule has 0 amide bonds. The Kier molecular flexibility index (Phi) is 8.87. The summed E-state index contributed by atoms with van der Waals surface area (Å²) < 4.78 is 121. The van der Waals surface area contributed by atoms with Crippen molar-refractivity contribution in [2.24, 2.45) is 0 Å². The van der Waals surface area contributed by atoms with Crippen molar-refractivity contribution >= 4 is 38.2 Å². The van der Waals surface area contributed by atoms with Gasteiger partial charge in [0.25, 0.3) is 16.4 Å². The fourth-order valence-electron chi connectivity index (χ4n) is 4.88. The molecule has 18 heteroatoms. The third-order valence-electron chi connectivity index (χ3n) is 7.18. The van der Waals surface area contributed by atoms with Crippen LogP contribution >= 0.6 is 0 Å². The van der Waals surface area contributed by atoms with E-state index in [-0.39, 0.29) is 45.3 Å². The van der Waals surface area contributed by atoms with Gasteiger partial charge in [-0.1, -0.05) is 6.07 Å². The molecule has 50 heavy (non-hydrogen) atoms. The fourth-order valence-corrected chi connectivity index (χ4v) is 5.98. The molecule has 11 nitrogen and oxygen atoms in total. The average Bonchev–Trinajstić information content (AvgIpc) is 3.63. The van der Waals surface area contributed by atoms with Crippen molar-refractivity contribution < 1.29 is 49.0 Å². The molecule has 3 aromatic heterocycles. The molecule has 6 rings (SSSR count). The monoisotopic (exact) mass is 716 g/mol. The van der Waals surface area contributed by atoms with E-state index in [0.29, 0.717) is 29.4 Å². The number of halogens is 6. The van der Waals surface area contributed by atoms with Gasteiger partial charge in [0.15, 0.2) is 11.6 Å². The first-order valence-corrected chi connectivity index (χ1v) is 15.7. The summed E-state index contributed by atoms with van der Waals surface area (Å²) in [5, 5.41) is 4.42. The number of fused-ring (bicyclic) bond motifs is 1. The number of anilines is 2. The minimum absolute atomic E-state index is 0.0659. The number of carbonyl (C=O) groups excluding carboxylic acids is 1. The maximum Gasteiger partial charge on any atom is 0.272 e. The predicted molar refractivity (Wildman–Crippen MR) is 167 cm³/mol. The molecule has 0 fully saturated rings. The quantitative estimate of drug-likeness (QED) is 0.0994. The van der Waals surface area contributed by atoms with Gasteiger partial charge in [0.05, 0.1) is 39.9 Å². The van der Waals surface area contributed by atoms with Gasteiger partial charge in [0.2, 0.25) is 17.4 Å². The molecule has 0 saturated carbocycles. The minimum atomic E-state index is -4.65. The number of nitrogens with two attached hydrogens (primary N) is 1. The second kappa shape index (κ2) is 13.1. The van der Waals surface area contributed by atoms with E-state index in [0.717, 1.165) is 18.2 Å². The number of nitrogens with one attached hydrogen (secondary N) is 2. The van der Waals surface area contributed by atoms with Crippen LogP contribution in [-0.2, 0) is 10.0 Å². The van der Waals surface area contributed by atoms with Crippen molar-refractivity contribution in [3.63, 3.8) is 0 Å². The molecule has 0 aliphatic rings. The zero-order valence-electron chi connectivity index (χ0n) is 25.3. The van der Waals surface area contributed by atoms with Crippen LogP contribution < -0.4 is 19.9 Å². The zero-order chi connectivity index (χ0) is 35.9. The maximum absolute atomic E-state index is 14.0. The Balaban J connectivity index is 1.30. The number of nitrogen functional groups attached to an aromatic ring is 1. The van der Waals surface area contributed by atoms with E-state index in [1.807, 2.05) is 0 Å². The van der Waals surface area contributed by atoms with Crippen molar-refractivity contribution in [2.45, 2.75) is 18.2 Å². The third kappa shape index (κ3) is 6.77. The van der Waals surface area contributed by atoms with Crippen LogP contribution in [0, 0.1) is 30.2 Å². The number of pyridine rings is 1. The molecule has 0 atom stereocenters. The first-order valence-electron chi connectivity index (χ1n) is 14.2. The Morgan fingerprint density at radius 3 is 2.36 bits per heavy atom. The molecule has 0 saturated heterocycles. The van der Waals surface area contributed by atoms with E-state index in [1.54, 1.807) is 6.92 Å². The number of aromatic amines is 1. The van der Waals surface area contributed by atoms with Crippen LogP contribution in [0.5, 0.6) is 17.4 Å². The summed E-state index contributed by atoms with van der Waals surface area (Å²) in [4.78, 5) is 19.7. The lowest BCUT2D eigenvalue weighted by Gasteiger charge is -2.14. The number of H-pyrrole nitrogens is 1. The zero-order valence-corrected chi connectivity index (χ0v) is 26.2. The number of nitrogens with zero attached hydrogens (tertiary/aromatic N) is 3. The van der Waals surface area contributed by atoms with E-state index in [1.165, 1.54) is 41.3 Å². The summed E-state index contributed by atoms with van der Waals surface area (Å²) in [5.41, 5.74) is 6.68. The molecule has 3 aromatic carbocycles. The van der Waals surface area contributed by atoms with Crippen LogP contribution in [0.1, 0.15) is 21.6 Å². The second-order valence-corrected chi connectivity index (χ2v) is 12.4. The van der Waals surface area contributed by atoms with E-state index in [2.05, 4.69) is 19.8 Å². The summed E-state index contributed by atoms with van der Waals surface area (Å²) in [6.07, 6.45) is -0.491. The fraction of sp³-hybridized carbons (Fsp3) is 0.0938. The lowest BCUT2D eigenvalue weighted by Crippen LogP contribution is -2.15. The molecule has 0 aliphatic carbocycles. The van der Waals surface area contributed by atoms with Crippen LogP contribution in [0.3, 0.4) is 0 Å². The highest BCUT2D eigenvalue weighted by Gasteiger charge is 2.24. The van der Waals surface area contributed by atoms with Crippen molar-refractivity contribution in [3.8, 4) is 23.1 Å². The standard InChI is InChI=1S/C32H22F6N6O5S/c1-15-5-29(49-31-21(35)3-2-4-22(31)36)40-13-26(15)44-32(39)20(12-41-44)30(45)25-6-16-7-27(48-14-28(37)38)24(11-23(16)42-25)43-50(46,47)19-9-17(33)8-18(34)10-19/h2-13,28,42-43H,14,39H2,1H3. The summed E-state index contributed by atoms with van der Waals surface area (Å²) in [7, 11) is -4.65. The van der Waals surface area contributed by atoms with Crippen molar-refractivity contribution in [1.82, 2.24) is 19.7 Å². The Morgan fingerprint density at radius 2 is 1.70 bits per heavy atom. The maximum atomic E-state index is 14.0. The van der Waals surface area contributed by atoms with E-state index in [9.17, 15) is 39.6 Å². The number of ketones is 1. The lowest BCUT2D eigenvalue weighted by molar-refractivity contribution is 0.0823. The van der Waals surface area contributed by atoms with Gasteiger partial charge in [-0.3, -0.25) is 9.52 Å². The molecule has 0 radical (unpaired) electrons. The van der Waals surface area contributed by atoms with Gasteiger partial charge in [-0.05, 0) is 55.0 Å². The summed E-state index contributed by atoms with van der Waals surface area (Å²) >= 11 is 0. The molecule has 0 aliphatic heterocycles. The van der Waals surface area contributed by atoms with Crippen molar-refractivity contribution in [1.29, 1.82) is 0 Å². The number of carbonyl (C=O) groups is 1. The number of alkyl halides is 2. The van der Waals surface area contributed by atoms with E-state index >= 15 is 0 Å². The molecule has 3 heterocycles. The smallest absolute Gasteiger partial charge is 0.272 e. The molecule has 6 aromatic rings. The van der Waals surface area contributed by atoms with Crippen molar-refractivity contribution in [2.75, 3.05) is 17.1 Å². The number of aryl methyl sites for hydroxylation is 1. The Hall–Kier alpha value is -6.04. The van der Waals surface area contributed by atoms with Crippen LogP contribution in [0.25, 0.3) is 16.6 Å². The first-order chi connectivity index (χ1) is 23.7. The number of hydrogen-bond donors (Lipinski definition) is 3. The highest BCUT2D eigenvalue weighted by molar-refractivity contribution is 7.92. The predicted octanol–water partition coefficient (Wildman–Crippen LogP) is 6.66. The topological polar surface area (TPSA) is 154 Å². The average molecular weight is 717 g/mol. The molecule has 258 valence electrons. The Labute approximate surface area is 278 Å². The number of aromatic nitrogens is 4. The largest absolute Gasteiger partial charge is 0.485 e. The number of sulfonamides is 1. The number of benzene rings is 3. The minimum Gasteiger partial charge on any atom is -0.485 e. The summed E-state index contributed by atoms with van der Waals surface area (Å²) in [5.74, 6) is -6.12. The lowest BCUT2D eigenvalue weighted by atomic mass is 10.1. The van der Waals surface area contributed by atoms with Crippen LogP contribution in [0.2, 0.25) is 0 Å². The van der Waals surface area contributed by atoms with Gasteiger partial charge < -0.3 is 20.2 Å². The normalized spacial score (nSPS) is 11.7.